The third-order valence-electron chi connectivity index (χ3n) is 5.69. The second-order valence-electron chi connectivity index (χ2n) is 7.45. The number of hydrogen-bond acceptors (Lipinski definition) is 4. The number of halogens is 2. The van der Waals surface area contributed by atoms with Crippen LogP contribution in [0.1, 0.15) is 28.8 Å². The van der Waals surface area contributed by atoms with E-state index in [1.807, 2.05) is 54.6 Å². The number of fused-ring (bicyclic) bond motifs is 3. The van der Waals surface area contributed by atoms with Crippen molar-refractivity contribution < 1.29 is 9.13 Å². The molecular formula is C24H16BrFN4O. The maximum absolute atomic E-state index is 15.1. The second kappa shape index (κ2) is 7.06. The SMILES string of the molecule is Fc1ccccc1[C@H]1C2=C(Nc3ncnn31)c1ccccc1O[C@H]2c1ccc(Br)cc1. The van der Waals surface area contributed by atoms with Crippen LogP contribution < -0.4 is 10.1 Å². The van der Waals surface area contributed by atoms with Gasteiger partial charge in [0.2, 0.25) is 5.95 Å². The number of nitrogens with one attached hydrogen (secondary N) is 1. The third kappa shape index (κ3) is 2.88. The molecule has 5 nitrogen and oxygen atoms in total. The van der Waals surface area contributed by atoms with Crippen molar-refractivity contribution in [3.8, 4) is 5.75 Å². The average molecular weight is 475 g/mol. The van der Waals surface area contributed by atoms with Crippen molar-refractivity contribution in [1.29, 1.82) is 0 Å². The minimum Gasteiger partial charge on any atom is -0.480 e. The van der Waals surface area contributed by atoms with Gasteiger partial charge in [-0.25, -0.2) is 9.07 Å². The summed E-state index contributed by atoms with van der Waals surface area (Å²) in [7, 11) is 0. The van der Waals surface area contributed by atoms with Crippen molar-refractivity contribution in [1.82, 2.24) is 14.8 Å². The first kappa shape index (κ1) is 18.3. The van der Waals surface area contributed by atoms with E-state index in [1.165, 1.54) is 12.4 Å². The van der Waals surface area contributed by atoms with E-state index in [0.29, 0.717) is 11.5 Å². The fraction of sp³-hybridized carbons (Fsp3) is 0.0833. The van der Waals surface area contributed by atoms with Crippen LogP contribution in [0.5, 0.6) is 5.75 Å². The van der Waals surface area contributed by atoms with Gasteiger partial charge in [-0.2, -0.15) is 10.1 Å². The Labute approximate surface area is 186 Å². The molecule has 31 heavy (non-hydrogen) atoms. The topological polar surface area (TPSA) is 52.0 Å². The summed E-state index contributed by atoms with van der Waals surface area (Å²) in [4.78, 5) is 4.37. The summed E-state index contributed by atoms with van der Waals surface area (Å²) in [6.07, 6.45) is 1.06. The highest BCUT2D eigenvalue weighted by molar-refractivity contribution is 9.10. The van der Waals surface area contributed by atoms with Crippen molar-refractivity contribution in [2.24, 2.45) is 0 Å². The molecule has 0 radical (unpaired) electrons. The van der Waals surface area contributed by atoms with E-state index in [0.717, 1.165) is 32.6 Å². The first-order valence-electron chi connectivity index (χ1n) is 9.87. The summed E-state index contributed by atoms with van der Waals surface area (Å²) in [5, 5.41) is 7.85. The van der Waals surface area contributed by atoms with Crippen LogP contribution in [0.4, 0.5) is 10.3 Å². The number of hydrogen-bond donors (Lipinski definition) is 1. The van der Waals surface area contributed by atoms with Crippen LogP contribution in [0.3, 0.4) is 0 Å². The molecule has 0 saturated carbocycles. The van der Waals surface area contributed by atoms with Crippen molar-refractivity contribution in [2.75, 3.05) is 5.32 Å². The van der Waals surface area contributed by atoms with Gasteiger partial charge in [0.15, 0.2) is 0 Å². The van der Waals surface area contributed by atoms with Gasteiger partial charge in [0.05, 0.1) is 5.70 Å². The Bertz CT molecular complexity index is 1330. The number of nitrogens with zero attached hydrogens (tertiary/aromatic N) is 3. The number of para-hydroxylation sites is 1. The molecule has 2 aliphatic heterocycles. The molecule has 2 atom stereocenters. The lowest BCUT2D eigenvalue weighted by Crippen LogP contribution is -2.32. The van der Waals surface area contributed by atoms with Crippen molar-refractivity contribution >= 4 is 27.6 Å². The number of benzene rings is 3. The van der Waals surface area contributed by atoms with Gasteiger partial charge in [0.1, 0.15) is 30.0 Å². The number of aromatic nitrogens is 3. The molecule has 1 aromatic heterocycles. The largest absolute Gasteiger partial charge is 0.480 e. The molecule has 1 N–H and O–H groups in total. The molecule has 0 amide bonds. The van der Waals surface area contributed by atoms with Gasteiger partial charge in [-0.05, 0) is 35.9 Å². The Morgan fingerprint density at radius 3 is 2.58 bits per heavy atom. The van der Waals surface area contributed by atoms with Crippen molar-refractivity contribution in [3.63, 3.8) is 0 Å². The van der Waals surface area contributed by atoms with E-state index >= 15 is 4.39 Å². The highest BCUT2D eigenvalue weighted by atomic mass is 79.9. The maximum Gasteiger partial charge on any atom is 0.226 e. The van der Waals surface area contributed by atoms with E-state index in [-0.39, 0.29) is 5.82 Å². The van der Waals surface area contributed by atoms with Gasteiger partial charge >= 0.3 is 0 Å². The molecule has 3 aromatic carbocycles. The Morgan fingerprint density at radius 1 is 0.968 bits per heavy atom. The molecule has 152 valence electrons. The lowest BCUT2D eigenvalue weighted by molar-refractivity contribution is 0.222. The molecule has 7 heteroatoms. The molecule has 0 aliphatic carbocycles. The molecule has 3 heterocycles. The second-order valence-corrected chi connectivity index (χ2v) is 8.37. The zero-order chi connectivity index (χ0) is 20.9. The maximum atomic E-state index is 15.1. The van der Waals surface area contributed by atoms with E-state index in [4.69, 9.17) is 4.74 Å². The molecule has 6 rings (SSSR count). The van der Waals surface area contributed by atoms with Crippen molar-refractivity contribution in [2.45, 2.75) is 12.1 Å². The molecule has 0 unspecified atom stereocenters. The Morgan fingerprint density at radius 2 is 1.74 bits per heavy atom. The monoisotopic (exact) mass is 474 g/mol. The molecular weight excluding hydrogens is 459 g/mol. The summed E-state index contributed by atoms with van der Waals surface area (Å²) in [6.45, 7) is 0. The highest BCUT2D eigenvalue weighted by Crippen LogP contribution is 2.50. The van der Waals surface area contributed by atoms with Gasteiger partial charge in [0, 0.05) is 21.2 Å². The quantitative estimate of drug-likeness (QED) is 0.402. The van der Waals surface area contributed by atoms with Crippen LogP contribution in [0.25, 0.3) is 5.70 Å². The molecule has 2 aliphatic rings. The Balaban J connectivity index is 1.65. The minimum absolute atomic E-state index is 0.295. The fourth-order valence-corrected chi connectivity index (χ4v) is 4.59. The first-order valence-corrected chi connectivity index (χ1v) is 10.7. The smallest absolute Gasteiger partial charge is 0.226 e. The van der Waals surface area contributed by atoms with Crippen LogP contribution in [-0.2, 0) is 0 Å². The fourth-order valence-electron chi connectivity index (χ4n) is 4.33. The standard InChI is InChI=1S/C24H16BrFN4O/c25-15-11-9-14(10-12-15)23-20-21(17-6-2-4-8-19(17)31-23)29-24-27-13-28-30(24)22(20)16-5-1-3-7-18(16)26/h1-13,22-23H,(H,27,28,29)/t22-,23-/m0/s1. The first-order chi connectivity index (χ1) is 15.2. The van der Waals surface area contributed by atoms with E-state index in [9.17, 15) is 0 Å². The normalized spacial score (nSPS) is 19.0. The molecule has 0 saturated heterocycles. The lowest BCUT2D eigenvalue weighted by Gasteiger charge is -2.39. The van der Waals surface area contributed by atoms with E-state index in [2.05, 4.69) is 31.3 Å². The average Bonchev–Trinajstić information content (AvgIpc) is 3.27. The molecule has 4 aromatic rings. The summed E-state index contributed by atoms with van der Waals surface area (Å²) in [5.74, 6) is 1.04. The van der Waals surface area contributed by atoms with E-state index in [1.54, 1.807) is 16.8 Å². The predicted octanol–water partition coefficient (Wildman–Crippen LogP) is 5.74. The Kier molecular flexibility index (Phi) is 4.17. The number of ether oxygens (including phenoxy) is 1. The van der Waals surface area contributed by atoms with Gasteiger partial charge in [0.25, 0.3) is 0 Å². The van der Waals surface area contributed by atoms with Gasteiger partial charge in [-0.3, -0.25) is 0 Å². The van der Waals surface area contributed by atoms with E-state index < -0.39 is 12.1 Å². The summed E-state index contributed by atoms with van der Waals surface area (Å²) >= 11 is 3.50. The zero-order valence-corrected chi connectivity index (χ0v) is 17.8. The zero-order valence-electron chi connectivity index (χ0n) is 16.2. The van der Waals surface area contributed by atoms with Crippen LogP contribution in [-0.4, -0.2) is 14.8 Å². The lowest BCUT2D eigenvalue weighted by atomic mass is 9.84. The van der Waals surface area contributed by atoms with Crippen LogP contribution >= 0.6 is 15.9 Å². The highest BCUT2D eigenvalue weighted by Gasteiger charge is 2.41. The number of rotatable bonds is 2. The van der Waals surface area contributed by atoms with Crippen molar-refractivity contribution in [3.05, 3.63) is 112 Å². The molecule has 0 bridgehead atoms. The molecule has 0 fully saturated rings. The molecule has 0 spiro atoms. The van der Waals surface area contributed by atoms with Crippen LogP contribution in [0.15, 0.2) is 89.2 Å². The minimum atomic E-state index is -0.503. The van der Waals surface area contributed by atoms with Gasteiger partial charge in [-0.1, -0.05) is 58.4 Å². The summed E-state index contributed by atoms with van der Waals surface area (Å²) in [5.41, 5.74) is 4.18. The van der Waals surface area contributed by atoms with Gasteiger partial charge < -0.3 is 10.1 Å². The predicted molar refractivity (Wildman–Crippen MR) is 119 cm³/mol. The Hall–Kier alpha value is -3.45. The summed E-state index contributed by atoms with van der Waals surface area (Å²) < 4.78 is 24.3. The van der Waals surface area contributed by atoms with Gasteiger partial charge in [-0.15, -0.1) is 0 Å². The summed E-state index contributed by atoms with van der Waals surface area (Å²) in [6, 6.07) is 22.1. The van der Waals surface area contributed by atoms with Crippen LogP contribution in [0, 0.1) is 5.82 Å². The number of anilines is 1. The third-order valence-corrected chi connectivity index (χ3v) is 6.22. The van der Waals surface area contributed by atoms with Crippen LogP contribution in [0.2, 0.25) is 0 Å².